The van der Waals surface area contributed by atoms with Crippen molar-refractivity contribution in [3.63, 3.8) is 0 Å². The number of halogens is 1. The van der Waals surface area contributed by atoms with Crippen molar-refractivity contribution in [1.29, 1.82) is 0 Å². The number of hydrogen-bond acceptors (Lipinski definition) is 5. The molecule has 0 radical (unpaired) electrons. The second kappa shape index (κ2) is 10.1. The first-order valence-electron chi connectivity index (χ1n) is 11.1. The fourth-order valence-electron chi connectivity index (χ4n) is 3.89. The van der Waals surface area contributed by atoms with Crippen molar-refractivity contribution in [3.05, 3.63) is 82.2 Å². The van der Waals surface area contributed by atoms with Crippen LogP contribution in [0.15, 0.2) is 76.4 Å². The fraction of sp³-hybridized carbons (Fsp3) is 0.200. The normalized spacial score (nSPS) is 11.4. The third kappa shape index (κ3) is 4.82. The minimum atomic E-state index is -4.16. The van der Waals surface area contributed by atoms with Gasteiger partial charge in [-0.3, -0.25) is 18.2 Å². The number of amides is 1. The molecular formula is C25H25ClN4O5S. The standard InChI is InChI=1S/C25H25ClN4O5S/c1-4-35-23-8-6-5-7-21(23)30(36(33,34)19-12-9-17(26)10-13-19)16-24(31)27-18-11-14-20-22(15-18)29(3)25(32)28(20)2/h5-15H,4,16H2,1-3H3,(H,27,31). The summed E-state index contributed by atoms with van der Waals surface area (Å²) in [6.07, 6.45) is 0. The number of benzene rings is 3. The van der Waals surface area contributed by atoms with E-state index in [1.54, 1.807) is 63.5 Å². The summed E-state index contributed by atoms with van der Waals surface area (Å²) in [6.45, 7) is 1.59. The molecule has 0 aliphatic carbocycles. The second-order valence-corrected chi connectivity index (χ2v) is 10.3. The number of imidazole rings is 1. The number of carbonyl (C=O) groups is 1. The molecule has 188 valence electrons. The number of rotatable bonds is 8. The predicted octanol–water partition coefficient (Wildman–Crippen LogP) is 3.76. The van der Waals surface area contributed by atoms with E-state index in [1.165, 1.54) is 33.4 Å². The third-order valence-electron chi connectivity index (χ3n) is 5.68. The Kier molecular flexibility index (Phi) is 7.09. The van der Waals surface area contributed by atoms with Gasteiger partial charge in [-0.15, -0.1) is 0 Å². The maximum absolute atomic E-state index is 13.7. The van der Waals surface area contributed by atoms with Crippen molar-refractivity contribution in [2.75, 3.05) is 22.8 Å². The van der Waals surface area contributed by atoms with Crippen LogP contribution >= 0.6 is 11.6 Å². The zero-order valence-corrected chi connectivity index (χ0v) is 21.5. The van der Waals surface area contributed by atoms with Crippen LogP contribution in [0.25, 0.3) is 11.0 Å². The van der Waals surface area contributed by atoms with Gasteiger partial charge in [0.05, 0.1) is 28.2 Å². The molecule has 1 heterocycles. The molecule has 0 spiro atoms. The van der Waals surface area contributed by atoms with Gasteiger partial charge in [-0.05, 0) is 61.5 Å². The van der Waals surface area contributed by atoms with Crippen molar-refractivity contribution >= 4 is 49.9 Å². The van der Waals surface area contributed by atoms with Gasteiger partial charge < -0.3 is 10.1 Å². The molecule has 0 aliphatic rings. The number of anilines is 2. The first kappa shape index (κ1) is 25.3. The average Bonchev–Trinajstić information content (AvgIpc) is 3.07. The molecule has 0 saturated carbocycles. The van der Waals surface area contributed by atoms with Crippen LogP contribution < -0.4 is 20.0 Å². The molecule has 0 fully saturated rings. The second-order valence-electron chi connectivity index (χ2n) is 8.02. The molecule has 0 atom stereocenters. The van der Waals surface area contributed by atoms with Gasteiger partial charge in [0.25, 0.3) is 10.0 Å². The van der Waals surface area contributed by atoms with Crippen LogP contribution in [-0.4, -0.2) is 36.6 Å². The van der Waals surface area contributed by atoms with Gasteiger partial charge >= 0.3 is 5.69 Å². The number of fused-ring (bicyclic) bond motifs is 1. The summed E-state index contributed by atoms with van der Waals surface area (Å²) < 4.78 is 36.9. The highest BCUT2D eigenvalue weighted by Gasteiger charge is 2.29. The molecule has 0 bridgehead atoms. The summed E-state index contributed by atoms with van der Waals surface area (Å²) in [5.41, 5.74) is 1.80. The predicted molar refractivity (Wildman–Crippen MR) is 140 cm³/mol. The van der Waals surface area contributed by atoms with Gasteiger partial charge in [0.2, 0.25) is 5.91 Å². The molecule has 1 N–H and O–H groups in total. The van der Waals surface area contributed by atoms with E-state index < -0.39 is 22.5 Å². The molecular weight excluding hydrogens is 504 g/mol. The molecule has 4 aromatic rings. The van der Waals surface area contributed by atoms with Crippen LogP contribution in [0.3, 0.4) is 0 Å². The number of hydrogen-bond donors (Lipinski definition) is 1. The summed E-state index contributed by atoms with van der Waals surface area (Å²) in [4.78, 5) is 25.3. The third-order valence-corrected chi connectivity index (χ3v) is 7.70. The molecule has 11 heteroatoms. The summed E-state index contributed by atoms with van der Waals surface area (Å²) >= 11 is 5.95. The SMILES string of the molecule is CCOc1ccccc1N(CC(=O)Nc1ccc2c(c1)n(C)c(=O)n2C)S(=O)(=O)c1ccc(Cl)cc1. The van der Waals surface area contributed by atoms with Gasteiger partial charge in [0.15, 0.2) is 0 Å². The monoisotopic (exact) mass is 528 g/mol. The van der Waals surface area contributed by atoms with E-state index in [-0.39, 0.29) is 16.3 Å². The molecule has 0 aliphatic heterocycles. The quantitative estimate of drug-likeness (QED) is 0.375. The van der Waals surface area contributed by atoms with Crippen LogP contribution in [0.4, 0.5) is 11.4 Å². The lowest BCUT2D eigenvalue weighted by molar-refractivity contribution is -0.114. The van der Waals surface area contributed by atoms with Crippen LogP contribution in [0.2, 0.25) is 5.02 Å². The minimum absolute atomic E-state index is 0.0216. The Labute approximate surface area is 213 Å². The highest BCUT2D eigenvalue weighted by molar-refractivity contribution is 7.92. The van der Waals surface area contributed by atoms with Crippen LogP contribution in [0.5, 0.6) is 5.75 Å². The summed E-state index contributed by atoms with van der Waals surface area (Å²) in [7, 11) is -0.852. The van der Waals surface area contributed by atoms with E-state index in [0.29, 0.717) is 34.1 Å². The zero-order chi connectivity index (χ0) is 26.0. The molecule has 4 rings (SSSR count). The largest absolute Gasteiger partial charge is 0.492 e. The Bertz CT molecular complexity index is 1590. The smallest absolute Gasteiger partial charge is 0.328 e. The number of para-hydroxylation sites is 2. The lowest BCUT2D eigenvalue weighted by atomic mass is 10.2. The molecule has 9 nitrogen and oxygen atoms in total. The van der Waals surface area contributed by atoms with Crippen molar-refractivity contribution < 1.29 is 17.9 Å². The van der Waals surface area contributed by atoms with Gasteiger partial charge in [-0.25, -0.2) is 13.2 Å². The Hall–Kier alpha value is -3.76. The maximum atomic E-state index is 13.7. The van der Waals surface area contributed by atoms with Gasteiger partial charge in [-0.1, -0.05) is 23.7 Å². The van der Waals surface area contributed by atoms with Crippen molar-refractivity contribution in [1.82, 2.24) is 9.13 Å². The Morgan fingerprint density at radius 3 is 2.36 bits per heavy atom. The number of carbonyl (C=O) groups excluding carboxylic acids is 1. The first-order valence-corrected chi connectivity index (χ1v) is 12.9. The van der Waals surface area contributed by atoms with Crippen molar-refractivity contribution in [3.8, 4) is 5.75 Å². The Balaban J connectivity index is 1.70. The first-order chi connectivity index (χ1) is 17.1. The van der Waals surface area contributed by atoms with E-state index in [9.17, 15) is 18.0 Å². The number of aryl methyl sites for hydroxylation is 2. The Morgan fingerprint density at radius 1 is 1.00 bits per heavy atom. The molecule has 0 unspecified atom stereocenters. The van der Waals surface area contributed by atoms with E-state index in [0.717, 1.165) is 4.31 Å². The lowest BCUT2D eigenvalue weighted by Gasteiger charge is -2.26. The number of nitrogens with one attached hydrogen (secondary N) is 1. The van der Waals surface area contributed by atoms with E-state index in [4.69, 9.17) is 16.3 Å². The van der Waals surface area contributed by atoms with Gasteiger partial charge in [0, 0.05) is 24.8 Å². The van der Waals surface area contributed by atoms with Crippen LogP contribution in [0.1, 0.15) is 6.92 Å². The van der Waals surface area contributed by atoms with Gasteiger partial charge in [0.1, 0.15) is 12.3 Å². The summed E-state index contributed by atoms with van der Waals surface area (Å²) in [5, 5.41) is 3.13. The zero-order valence-electron chi connectivity index (χ0n) is 19.9. The molecule has 36 heavy (non-hydrogen) atoms. The number of sulfonamides is 1. The van der Waals surface area contributed by atoms with Crippen LogP contribution in [0, 0.1) is 0 Å². The summed E-state index contributed by atoms with van der Waals surface area (Å²) in [5.74, 6) is -0.245. The molecule has 1 amide bonds. The van der Waals surface area contributed by atoms with Crippen molar-refractivity contribution in [2.24, 2.45) is 14.1 Å². The maximum Gasteiger partial charge on any atom is 0.328 e. The fourth-order valence-corrected chi connectivity index (χ4v) is 5.45. The van der Waals surface area contributed by atoms with E-state index in [2.05, 4.69) is 5.32 Å². The minimum Gasteiger partial charge on any atom is -0.492 e. The van der Waals surface area contributed by atoms with Gasteiger partial charge in [-0.2, -0.15) is 0 Å². The highest BCUT2D eigenvalue weighted by Crippen LogP contribution is 2.33. The van der Waals surface area contributed by atoms with E-state index >= 15 is 0 Å². The van der Waals surface area contributed by atoms with E-state index in [1.807, 2.05) is 0 Å². The average molecular weight is 529 g/mol. The number of ether oxygens (including phenoxy) is 1. The molecule has 1 aromatic heterocycles. The van der Waals surface area contributed by atoms with Crippen LogP contribution in [-0.2, 0) is 28.9 Å². The summed E-state index contributed by atoms with van der Waals surface area (Å²) in [6, 6.07) is 17.4. The molecule has 0 saturated heterocycles. The number of nitrogens with zero attached hydrogens (tertiary/aromatic N) is 3. The van der Waals surface area contributed by atoms with Crippen molar-refractivity contribution in [2.45, 2.75) is 11.8 Å². The number of aromatic nitrogens is 2. The molecule has 3 aromatic carbocycles. The highest BCUT2D eigenvalue weighted by atomic mass is 35.5. The lowest BCUT2D eigenvalue weighted by Crippen LogP contribution is -2.38. The Morgan fingerprint density at radius 2 is 1.67 bits per heavy atom. The topological polar surface area (TPSA) is 103 Å².